The third-order valence-electron chi connectivity index (χ3n) is 3.45. The molecule has 0 saturated heterocycles. The first kappa shape index (κ1) is 17.5. The molecule has 0 aliphatic heterocycles. The van der Waals surface area contributed by atoms with Crippen molar-refractivity contribution in [1.29, 1.82) is 0 Å². The molecule has 0 radical (unpaired) electrons. The molecule has 8 heteroatoms. The van der Waals surface area contributed by atoms with E-state index in [2.05, 4.69) is 21.5 Å². The molecule has 2 aromatic heterocycles. The third kappa shape index (κ3) is 4.85. The maximum Gasteiger partial charge on any atom is 0.275 e. The molecular formula is C17H20N4O3S. The van der Waals surface area contributed by atoms with Crippen LogP contribution in [0.4, 0.5) is 5.13 Å². The lowest BCUT2D eigenvalue weighted by Crippen LogP contribution is -2.12. The van der Waals surface area contributed by atoms with Crippen LogP contribution >= 0.6 is 11.3 Å². The van der Waals surface area contributed by atoms with E-state index >= 15 is 0 Å². The zero-order chi connectivity index (χ0) is 17.5. The van der Waals surface area contributed by atoms with E-state index in [0.29, 0.717) is 43.1 Å². The summed E-state index contributed by atoms with van der Waals surface area (Å²) in [6, 6.07) is 9.55. The lowest BCUT2D eigenvalue weighted by Gasteiger charge is -2.07. The van der Waals surface area contributed by atoms with E-state index in [4.69, 9.17) is 9.47 Å². The molecule has 2 heterocycles. The highest BCUT2D eigenvalue weighted by atomic mass is 32.1. The van der Waals surface area contributed by atoms with Gasteiger partial charge in [-0.15, -0.1) is 5.10 Å². The lowest BCUT2D eigenvalue weighted by molar-refractivity contribution is 0.0453. The van der Waals surface area contributed by atoms with E-state index in [0.717, 1.165) is 11.1 Å². The summed E-state index contributed by atoms with van der Waals surface area (Å²) in [5, 5.41) is 8.14. The first-order chi connectivity index (χ1) is 12.3. The van der Waals surface area contributed by atoms with Crippen molar-refractivity contribution in [2.24, 2.45) is 0 Å². The van der Waals surface area contributed by atoms with Crippen molar-refractivity contribution in [3.8, 4) is 0 Å². The molecule has 132 valence electrons. The maximum absolute atomic E-state index is 11.7. The standard InChI is InChI=1S/C17H20N4O3S/c1-2-23-8-9-24-12-14-5-3-4-13(10-14)11-19-16-20-21-15(22)6-7-18-17(21)25-16/h3-7,10H,2,8-9,11-12H2,1H3,(H,19,20). The average molecular weight is 360 g/mol. The lowest BCUT2D eigenvalue weighted by atomic mass is 10.1. The first-order valence-electron chi connectivity index (χ1n) is 8.08. The molecule has 0 amide bonds. The van der Waals surface area contributed by atoms with Crippen LogP contribution in [0.15, 0.2) is 41.3 Å². The first-order valence-corrected chi connectivity index (χ1v) is 8.90. The van der Waals surface area contributed by atoms with Gasteiger partial charge in [-0.1, -0.05) is 35.6 Å². The van der Waals surface area contributed by atoms with Gasteiger partial charge in [-0.3, -0.25) is 4.79 Å². The summed E-state index contributed by atoms with van der Waals surface area (Å²) >= 11 is 1.35. The molecule has 7 nitrogen and oxygen atoms in total. The van der Waals surface area contributed by atoms with E-state index in [9.17, 15) is 4.79 Å². The quantitative estimate of drug-likeness (QED) is 0.590. The molecule has 0 saturated carbocycles. The summed E-state index contributed by atoms with van der Waals surface area (Å²) in [4.78, 5) is 16.4. The van der Waals surface area contributed by atoms with Gasteiger partial charge in [0.15, 0.2) is 0 Å². The number of hydrogen-bond acceptors (Lipinski definition) is 7. The summed E-state index contributed by atoms with van der Waals surface area (Å²) in [6.07, 6.45) is 1.49. The molecule has 0 atom stereocenters. The van der Waals surface area contributed by atoms with Crippen LogP contribution in [0.2, 0.25) is 0 Å². The molecule has 0 spiro atoms. The Bertz CT molecular complexity index is 877. The fraction of sp³-hybridized carbons (Fsp3) is 0.353. The van der Waals surface area contributed by atoms with Crippen LogP contribution in [0.1, 0.15) is 18.1 Å². The molecule has 0 fully saturated rings. The minimum absolute atomic E-state index is 0.180. The number of benzene rings is 1. The smallest absolute Gasteiger partial charge is 0.275 e. The Kier molecular flexibility index (Phi) is 6.10. The molecule has 0 aliphatic rings. The predicted octanol–water partition coefficient (Wildman–Crippen LogP) is 2.32. The molecular weight excluding hydrogens is 340 g/mol. The van der Waals surface area contributed by atoms with Gasteiger partial charge in [-0.05, 0) is 18.1 Å². The summed E-state index contributed by atoms with van der Waals surface area (Å²) in [7, 11) is 0. The molecule has 1 aromatic carbocycles. The van der Waals surface area contributed by atoms with Crippen molar-refractivity contribution in [3.05, 3.63) is 58.0 Å². The molecule has 0 unspecified atom stereocenters. The predicted molar refractivity (Wildman–Crippen MR) is 97.1 cm³/mol. The monoisotopic (exact) mass is 360 g/mol. The minimum Gasteiger partial charge on any atom is -0.379 e. The number of fused-ring (bicyclic) bond motifs is 1. The second kappa shape index (κ2) is 8.70. The van der Waals surface area contributed by atoms with E-state index in [1.165, 1.54) is 28.1 Å². The summed E-state index contributed by atoms with van der Waals surface area (Å²) in [5.74, 6) is 0. The number of aromatic nitrogens is 3. The summed E-state index contributed by atoms with van der Waals surface area (Å²) in [5.41, 5.74) is 2.05. The summed E-state index contributed by atoms with van der Waals surface area (Å²) in [6.45, 7) is 5.04. The molecule has 25 heavy (non-hydrogen) atoms. The molecule has 1 N–H and O–H groups in total. The van der Waals surface area contributed by atoms with Crippen molar-refractivity contribution >= 4 is 21.4 Å². The Hall–Kier alpha value is -2.29. The van der Waals surface area contributed by atoms with Gasteiger partial charge in [0, 0.05) is 25.4 Å². The highest BCUT2D eigenvalue weighted by Crippen LogP contribution is 2.17. The fourth-order valence-corrected chi connectivity index (χ4v) is 3.04. The Labute approximate surface area is 149 Å². The molecule has 3 aromatic rings. The zero-order valence-corrected chi connectivity index (χ0v) is 14.8. The van der Waals surface area contributed by atoms with Crippen LogP contribution in [0.25, 0.3) is 4.96 Å². The van der Waals surface area contributed by atoms with Crippen molar-refractivity contribution in [2.45, 2.75) is 20.1 Å². The van der Waals surface area contributed by atoms with Gasteiger partial charge in [0.05, 0.1) is 19.8 Å². The molecule has 3 rings (SSSR count). The number of nitrogens with zero attached hydrogens (tertiary/aromatic N) is 3. The number of ether oxygens (including phenoxy) is 2. The zero-order valence-electron chi connectivity index (χ0n) is 14.0. The van der Waals surface area contributed by atoms with E-state index < -0.39 is 0 Å². The fourth-order valence-electron chi connectivity index (χ4n) is 2.27. The Balaban J connectivity index is 1.56. The van der Waals surface area contributed by atoms with Crippen molar-refractivity contribution in [1.82, 2.24) is 14.6 Å². The third-order valence-corrected chi connectivity index (χ3v) is 4.33. The van der Waals surface area contributed by atoms with Crippen molar-refractivity contribution in [3.63, 3.8) is 0 Å². The normalized spacial score (nSPS) is 11.1. The van der Waals surface area contributed by atoms with Crippen LogP contribution in [0.3, 0.4) is 0 Å². The number of rotatable bonds is 9. The van der Waals surface area contributed by atoms with Crippen molar-refractivity contribution in [2.75, 3.05) is 25.1 Å². The van der Waals surface area contributed by atoms with Crippen LogP contribution < -0.4 is 10.9 Å². The SMILES string of the molecule is CCOCCOCc1cccc(CNc2nn3c(=O)ccnc3s2)c1. The topological polar surface area (TPSA) is 77.8 Å². The highest BCUT2D eigenvalue weighted by molar-refractivity contribution is 7.20. The Morgan fingerprint density at radius 2 is 2.04 bits per heavy atom. The van der Waals surface area contributed by atoms with E-state index in [1.54, 1.807) is 0 Å². The minimum atomic E-state index is -0.180. The van der Waals surface area contributed by atoms with Crippen LogP contribution in [-0.2, 0) is 22.6 Å². The van der Waals surface area contributed by atoms with Crippen LogP contribution in [-0.4, -0.2) is 34.4 Å². The largest absolute Gasteiger partial charge is 0.379 e. The van der Waals surface area contributed by atoms with Gasteiger partial charge < -0.3 is 14.8 Å². The van der Waals surface area contributed by atoms with Gasteiger partial charge in [-0.2, -0.15) is 4.52 Å². The number of hydrogen-bond donors (Lipinski definition) is 1. The molecule has 0 aliphatic carbocycles. The highest BCUT2D eigenvalue weighted by Gasteiger charge is 2.06. The van der Waals surface area contributed by atoms with Crippen molar-refractivity contribution < 1.29 is 9.47 Å². The second-order valence-electron chi connectivity index (χ2n) is 5.31. The Morgan fingerprint density at radius 1 is 1.20 bits per heavy atom. The number of anilines is 1. The second-order valence-corrected chi connectivity index (χ2v) is 6.26. The van der Waals surface area contributed by atoms with E-state index in [-0.39, 0.29) is 5.56 Å². The number of nitrogens with one attached hydrogen (secondary N) is 1. The van der Waals surface area contributed by atoms with Gasteiger partial charge in [-0.25, -0.2) is 4.98 Å². The Morgan fingerprint density at radius 3 is 2.88 bits per heavy atom. The van der Waals surface area contributed by atoms with Crippen LogP contribution in [0.5, 0.6) is 0 Å². The maximum atomic E-state index is 11.7. The van der Waals surface area contributed by atoms with Gasteiger partial charge in [0.2, 0.25) is 10.1 Å². The van der Waals surface area contributed by atoms with Gasteiger partial charge >= 0.3 is 0 Å². The van der Waals surface area contributed by atoms with Gasteiger partial charge in [0.1, 0.15) is 0 Å². The van der Waals surface area contributed by atoms with Gasteiger partial charge in [0.25, 0.3) is 5.56 Å². The summed E-state index contributed by atoms with van der Waals surface area (Å²) < 4.78 is 12.1. The van der Waals surface area contributed by atoms with Crippen LogP contribution in [0, 0.1) is 0 Å². The molecule has 0 bridgehead atoms. The van der Waals surface area contributed by atoms with E-state index in [1.807, 2.05) is 25.1 Å². The average Bonchev–Trinajstić information content (AvgIpc) is 3.05.